The Hall–Kier alpha value is -1.73. The average molecular weight is 374 g/mol. The Morgan fingerprint density at radius 2 is 2.12 bits per heavy atom. The minimum absolute atomic E-state index is 0.109. The van der Waals surface area contributed by atoms with E-state index in [1.165, 1.54) is 0 Å². The summed E-state index contributed by atoms with van der Waals surface area (Å²) in [6.07, 6.45) is 3.99. The molecular formula is C19H27N5OS. The van der Waals surface area contributed by atoms with Gasteiger partial charge in [0.25, 0.3) is 5.91 Å². The first-order chi connectivity index (χ1) is 12.5. The van der Waals surface area contributed by atoms with Crippen molar-refractivity contribution in [3.63, 3.8) is 0 Å². The van der Waals surface area contributed by atoms with Crippen molar-refractivity contribution in [1.29, 1.82) is 0 Å². The lowest BCUT2D eigenvalue weighted by Crippen LogP contribution is -2.46. The summed E-state index contributed by atoms with van der Waals surface area (Å²) in [6, 6.07) is 2.50. The van der Waals surface area contributed by atoms with E-state index in [1.807, 2.05) is 33.3 Å². The molecule has 1 amide bonds. The zero-order chi connectivity index (χ0) is 18.3. The molecule has 0 saturated carbocycles. The third kappa shape index (κ3) is 2.97. The SMILES string of the molecule is CC(C)N1CCC2(CC1)CN(C(=O)c1ccsc1)CC2c1nncn1C. The number of carbonyl (C=O) groups is 1. The number of hydrogen-bond donors (Lipinski definition) is 0. The third-order valence-electron chi connectivity index (χ3n) is 6.29. The van der Waals surface area contributed by atoms with Crippen LogP contribution in [0.1, 0.15) is 48.8 Å². The summed E-state index contributed by atoms with van der Waals surface area (Å²) in [5, 5.41) is 12.5. The zero-order valence-electron chi connectivity index (χ0n) is 15.8. The quantitative estimate of drug-likeness (QED) is 0.830. The number of aromatic nitrogens is 3. The molecule has 2 aliphatic rings. The van der Waals surface area contributed by atoms with Crippen molar-refractivity contribution in [2.24, 2.45) is 12.5 Å². The molecule has 26 heavy (non-hydrogen) atoms. The Labute approximate surface area is 158 Å². The number of likely N-dealkylation sites (tertiary alicyclic amines) is 2. The van der Waals surface area contributed by atoms with E-state index in [4.69, 9.17) is 0 Å². The van der Waals surface area contributed by atoms with Gasteiger partial charge < -0.3 is 14.4 Å². The van der Waals surface area contributed by atoms with Crippen molar-refractivity contribution in [2.75, 3.05) is 26.2 Å². The van der Waals surface area contributed by atoms with E-state index in [0.717, 1.165) is 50.4 Å². The highest BCUT2D eigenvalue weighted by molar-refractivity contribution is 7.08. The normalized spacial score (nSPS) is 23.2. The number of nitrogens with zero attached hydrogens (tertiary/aromatic N) is 5. The molecule has 2 aliphatic heterocycles. The van der Waals surface area contributed by atoms with E-state index in [2.05, 4.69) is 28.9 Å². The molecule has 6 nitrogen and oxygen atoms in total. The first-order valence-corrected chi connectivity index (χ1v) is 10.3. The van der Waals surface area contributed by atoms with E-state index < -0.39 is 0 Å². The number of thiophene rings is 1. The Kier molecular flexibility index (Phi) is 4.61. The van der Waals surface area contributed by atoms with Gasteiger partial charge in [0.2, 0.25) is 0 Å². The molecule has 4 rings (SSSR count). The fourth-order valence-electron chi connectivity index (χ4n) is 4.65. The number of piperidine rings is 1. The molecule has 2 fully saturated rings. The van der Waals surface area contributed by atoms with Crippen LogP contribution in [-0.4, -0.2) is 62.7 Å². The van der Waals surface area contributed by atoms with Gasteiger partial charge >= 0.3 is 0 Å². The molecule has 0 aliphatic carbocycles. The lowest BCUT2D eigenvalue weighted by atomic mass is 9.70. The van der Waals surface area contributed by atoms with Gasteiger partial charge in [-0.2, -0.15) is 11.3 Å². The summed E-state index contributed by atoms with van der Waals surface area (Å²) in [6.45, 7) is 8.27. The summed E-state index contributed by atoms with van der Waals surface area (Å²) in [5.41, 5.74) is 0.918. The van der Waals surface area contributed by atoms with Gasteiger partial charge in [-0.3, -0.25) is 4.79 Å². The number of carbonyl (C=O) groups excluding carboxylic acids is 1. The second-order valence-corrected chi connectivity index (χ2v) is 8.82. The molecule has 0 N–H and O–H groups in total. The van der Waals surface area contributed by atoms with Crippen LogP contribution >= 0.6 is 11.3 Å². The first kappa shape index (κ1) is 17.7. The van der Waals surface area contributed by atoms with Gasteiger partial charge in [0.15, 0.2) is 0 Å². The van der Waals surface area contributed by atoms with Crippen LogP contribution in [0.25, 0.3) is 0 Å². The van der Waals surface area contributed by atoms with Crippen LogP contribution in [0, 0.1) is 5.41 Å². The molecule has 0 aromatic carbocycles. The topological polar surface area (TPSA) is 54.3 Å². The van der Waals surface area contributed by atoms with Gasteiger partial charge in [-0.25, -0.2) is 0 Å². The predicted molar refractivity (Wildman–Crippen MR) is 102 cm³/mol. The predicted octanol–water partition coefficient (Wildman–Crippen LogP) is 2.61. The Balaban J connectivity index is 1.62. The lowest BCUT2D eigenvalue weighted by molar-refractivity contribution is 0.0646. The molecule has 2 aromatic rings. The van der Waals surface area contributed by atoms with Crippen LogP contribution in [0.2, 0.25) is 0 Å². The van der Waals surface area contributed by atoms with E-state index in [9.17, 15) is 4.79 Å². The highest BCUT2D eigenvalue weighted by Gasteiger charge is 2.51. The smallest absolute Gasteiger partial charge is 0.254 e. The van der Waals surface area contributed by atoms with E-state index in [1.54, 1.807) is 17.7 Å². The van der Waals surface area contributed by atoms with Gasteiger partial charge in [0, 0.05) is 42.9 Å². The number of amides is 1. The highest BCUT2D eigenvalue weighted by atomic mass is 32.1. The largest absolute Gasteiger partial charge is 0.337 e. The van der Waals surface area contributed by atoms with Crippen LogP contribution in [0.15, 0.2) is 23.2 Å². The molecule has 4 heterocycles. The molecule has 1 unspecified atom stereocenters. The summed E-state index contributed by atoms with van der Waals surface area (Å²) < 4.78 is 2.03. The van der Waals surface area contributed by atoms with Crippen LogP contribution in [-0.2, 0) is 7.05 Å². The minimum atomic E-state index is 0.109. The van der Waals surface area contributed by atoms with Gasteiger partial charge in [-0.1, -0.05) is 0 Å². The maximum absolute atomic E-state index is 13.0. The molecule has 1 atom stereocenters. The summed E-state index contributed by atoms with van der Waals surface area (Å²) >= 11 is 1.58. The van der Waals surface area contributed by atoms with Crippen molar-refractivity contribution in [2.45, 2.75) is 38.6 Å². The standard InChI is InChI=1S/C19H27N5OS/c1-14(2)23-7-5-19(6-8-23)12-24(18(25)15-4-9-26-11-15)10-16(19)17-21-20-13-22(17)3/h4,9,11,13-14,16H,5-8,10,12H2,1-3H3. The lowest BCUT2D eigenvalue weighted by Gasteiger charge is -2.43. The maximum Gasteiger partial charge on any atom is 0.254 e. The van der Waals surface area contributed by atoms with Crippen molar-refractivity contribution < 1.29 is 4.79 Å². The second kappa shape index (κ2) is 6.78. The Morgan fingerprint density at radius 3 is 2.69 bits per heavy atom. The Morgan fingerprint density at radius 1 is 1.35 bits per heavy atom. The number of hydrogen-bond acceptors (Lipinski definition) is 5. The van der Waals surface area contributed by atoms with Gasteiger partial charge in [-0.05, 0) is 51.2 Å². The second-order valence-electron chi connectivity index (χ2n) is 8.04. The van der Waals surface area contributed by atoms with Crippen molar-refractivity contribution >= 4 is 17.2 Å². The summed E-state index contributed by atoms with van der Waals surface area (Å²) in [7, 11) is 2.01. The molecule has 2 aromatic heterocycles. The fraction of sp³-hybridized carbons (Fsp3) is 0.632. The molecule has 7 heteroatoms. The van der Waals surface area contributed by atoms with Gasteiger partial charge in [0.1, 0.15) is 12.2 Å². The summed E-state index contributed by atoms with van der Waals surface area (Å²) in [4.78, 5) is 17.6. The van der Waals surface area contributed by atoms with E-state index >= 15 is 0 Å². The van der Waals surface area contributed by atoms with Crippen LogP contribution in [0.4, 0.5) is 0 Å². The molecule has 0 radical (unpaired) electrons. The average Bonchev–Trinajstić information content (AvgIpc) is 3.35. The first-order valence-electron chi connectivity index (χ1n) is 9.39. The van der Waals surface area contributed by atoms with Gasteiger partial charge in [0.05, 0.1) is 5.56 Å². The van der Waals surface area contributed by atoms with Crippen molar-refractivity contribution in [3.8, 4) is 0 Å². The molecule has 0 bridgehead atoms. The Bertz CT molecular complexity index is 761. The highest BCUT2D eigenvalue weighted by Crippen LogP contribution is 2.49. The van der Waals surface area contributed by atoms with E-state index in [0.29, 0.717) is 6.04 Å². The van der Waals surface area contributed by atoms with Crippen molar-refractivity contribution in [1.82, 2.24) is 24.6 Å². The van der Waals surface area contributed by atoms with Crippen LogP contribution in [0.3, 0.4) is 0 Å². The molecule has 140 valence electrons. The van der Waals surface area contributed by atoms with E-state index in [-0.39, 0.29) is 17.2 Å². The fourth-order valence-corrected chi connectivity index (χ4v) is 5.28. The van der Waals surface area contributed by atoms with Crippen LogP contribution in [0.5, 0.6) is 0 Å². The zero-order valence-corrected chi connectivity index (χ0v) is 16.6. The maximum atomic E-state index is 13.0. The van der Waals surface area contributed by atoms with Gasteiger partial charge in [-0.15, -0.1) is 10.2 Å². The molecule has 2 saturated heterocycles. The summed E-state index contributed by atoms with van der Waals surface area (Å²) in [5.74, 6) is 1.43. The van der Waals surface area contributed by atoms with Crippen LogP contribution < -0.4 is 0 Å². The number of aryl methyl sites for hydroxylation is 1. The monoisotopic (exact) mass is 373 g/mol. The van der Waals surface area contributed by atoms with Crippen molar-refractivity contribution in [3.05, 3.63) is 34.5 Å². The molecular weight excluding hydrogens is 346 g/mol. The third-order valence-corrected chi connectivity index (χ3v) is 6.97. The molecule has 1 spiro atoms. The number of rotatable bonds is 3. The minimum Gasteiger partial charge on any atom is -0.337 e.